The van der Waals surface area contributed by atoms with Gasteiger partial charge in [0, 0.05) is 12.3 Å². The Morgan fingerprint density at radius 1 is 1.17 bits per heavy atom. The summed E-state index contributed by atoms with van der Waals surface area (Å²) < 4.78 is 1.43. The molecule has 94 valence electrons. The highest BCUT2D eigenvalue weighted by Gasteiger charge is 2.06. The van der Waals surface area contributed by atoms with Crippen molar-refractivity contribution in [3.63, 3.8) is 0 Å². The van der Waals surface area contributed by atoms with E-state index in [0.717, 1.165) is 11.3 Å². The minimum absolute atomic E-state index is 0.383. The molecule has 4 nitrogen and oxygen atoms in total. The zero-order valence-corrected chi connectivity index (χ0v) is 10.7. The van der Waals surface area contributed by atoms with Crippen LogP contribution < -0.4 is 11.2 Å². The lowest BCUT2D eigenvalue weighted by Crippen LogP contribution is -2.27. The van der Waals surface area contributed by atoms with Crippen LogP contribution in [0.4, 0.5) is 0 Å². The molecule has 0 spiro atoms. The van der Waals surface area contributed by atoms with Crippen molar-refractivity contribution in [2.75, 3.05) is 0 Å². The van der Waals surface area contributed by atoms with E-state index in [1.54, 1.807) is 0 Å². The van der Waals surface area contributed by atoms with Crippen LogP contribution in [0.2, 0.25) is 0 Å². The van der Waals surface area contributed by atoms with E-state index in [4.69, 9.17) is 0 Å². The Hall–Kier alpha value is -2.10. The van der Waals surface area contributed by atoms with Crippen LogP contribution in [0.1, 0.15) is 30.9 Å². The van der Waals surface area contributed by atoms with E-state index in [1.807, 2.05) is 25.1 Å². The molecular weight excluding hydrogens is 228 g/mol. The number of hydrogen-bond donors (Lipinski definition) is 1. The number of nitrogens with zero attached hydrogens (tertiary/aromatic N) is 1. The van der Waals surface area contributed by atoms with E-state index in [0.29, 0.717) is 5.92 Å². The Morgan fingerprint density at radius 2 is 1.89 bits per heavy atom. The lowest BCUT2D eigenvalue weighted by atomic mass is 9.98. The summed E-state index contributed by atoms with van der Waals surface area (Å²) >= 11 is 0. The molecule has 4 heteroatoms. The molecule has 1 aromatic carbocycles. The molecule has 0 aliphatic carbocycles. The lowest BCUT2D eigenvalue weighted by Gasteiger charge is -2.12. The van der Waals surface area contributed by atoms with E-state index >= 15 is 0 Å². The summed E-state index contributed by atoms with van der Waals surface area (Å²) in [4.78, 5) is 24.9. The molecule has 0 amide bonds. The quantitative estimate of drug-likeness (QED) is 0.878. The average molecular weight is 244 g/mol. The molecular formula is C14H16N2O2. The Morgan fingerprint density at radius 3 is 2.44 bits per heavy atom. The largest absolute Gasteiger partial charge is 0.332 e. The molecule has 1 heterocycles. The number of aryl methyl sites for hydroxylation is 1. The molecule has 1 aromatic heterocycles. The molecule has 0 aliphatic heterocycles. The van der Waals surface area contributed by atoms with E-state index in [1.165, 1.54) is 22.4 Å². The molecule has 0 saturated heterocycles. The van der Waals surface area contributed by atoms with Gasteiger partial charge in [0.25, 0.3) is 5.56 Å². The number of aromatic nitrogens is 2. The Kier molecular flexibility index (Phi) is 3.19. The molecule has 0 bridgehead atoms. The third kappa shape index (κ3) is 2.27. The third-order valence-electron chi connectivity index (χ3n) is 2.98. The summed E-state index contributed by atoms with van der Waals surface area (Å²) in [6.07, 6.45) is 1.49. The first-order chi connectivity index (χ1) is 8.49. The van der Waals surface area contributed by atoms with Crippen LogP contribution in [0.5, 0.6) is 0 Å². The molecule has 18 heavy (non-hydrogen) atoms. The average Bonchev–Trinajstić information content (AvgIpc) is 2.28. The van der Waals surface area contributed by atoms with E-state index in [-0.39, 0.29) is 5.56 Å². The SMILES string of the molecule is Cc1cc(-n2ccc(=O)[nH]c2=O)ccc1C(C)C. The number of hydrogen-bond acceptors (Lipinski definition) is 2. The minimum atomic E-state index is -0.417. The van der Waals surface area contributed by atoms with Gasteiger partial charge in [-0.25, -0.2) is 4.79 Å². The summed E-state index contributed by atoms with van der Waals surface area (Å²) in [5.74, 6) is 0.450. The third-order valence-corrected chi connectivity index (χ3v) is 2.98. The van der Waals surface area contributed by atoms with Crippen LogP contribution in [0.3, 0.4) is 0 Å². The highest BCUT2D eigenvalue weighted by Crippen LogP contribution is 2.20. The van der Waals surface area contributed by atoms with Crippen molar-refractivity contribution < 1.29 is 0 Å². The van der Waals surface area contributed by atoms with Gasteiger partial charge in [-0.2, -0.15) is 0 Å². The maximum absolute atomic E-state index is 11.7. The predicted octanol–water partition coefficient (Wildman–Crippen LogP) is 1.96. The van der Waals surface area contributed by atoms with E-state index in [9.17, 15) is 9.59 Å². The molecule has 0 unspecified atom stereocenters. The van der Waals surface area contributed by atoms with E-state index < -0.39 is 5.69 Å². The minimum Gasteiger partial charge on any atom is -0.274 e. The Labute approximate surface area is 105 Å². The van der Waals surface area contributed by atoms with Crippen molar-refractivity contribution in [1.82, 2.24) is 9.55 Å². The van der Waals surface area contributed by atoms with Crippen LogP contribution >= 0.6 is 0 Å². The first kappa shape index (κ1) is 12.4. The summed E-state index contributed by atoms with van der Waals surface area (Å²) in [6, 6.07) is 7.21. The number of nitrogens with one attached hydrogen (secondary N) is 1. The summed E-state index contributed by atoms with van der Waals surface area (Å²) in [5, 5.41) is 0. The predicted molar refractivity (Wildman–Crippen MR) is 71.5 cm³/mol. The fraction of sp³-hybridized carbons (Fsp3) is 0.286. The zero-order valence-electron chi connectivity index (χ0n) is 10.7. The van der Waals surface area contributed by atoms with Crippen LogP contribution in [0, 0.1) is 6.92 Å². The molecule has 0 radical (unpaired) electrons. The van der Waals surface area contributed by atoms with Crippen molar-refractivity contribution in [2.45, 2.75) is 26.7 Å². The Balaban J connectivity index is 2.56. The van der Waals surface area contributed by atoms with Crippen LogP contribution in [0.15, 0.2) is 40.1 Å². The molecule has 2 rings (SSSR count). The Bertz CT molecular complexity index is 681. The number of benzene rings is 1. The zero-order chi connectivity index (χ0) is 13.3. The van der Waals surface area contributed by atoms with Gasteiger partial charge in [-0.15, -0.1) is 0 Å². The van der Waals surface area contributed by atoms with Gasteiger partial charge >= 0.3 is 5.69 Å². The fourth-order valence-corrected chi connectivity index (χ4v) is 2.08. The summed E-state index contributed by atoms with van der Waals surface area (Å²) in [5.41, 5.74) is 2.36. The van der Waals surface area contributed by atoms with Gasteiger partial charge in [0.2, 0.25) is 0 Å². The summed E-state index contributed by atoms with van der Waals surface area (Å²) in [7, 11) is 0. The van der Waals surface area contributed by atoms with Crippen LogP contribution in [-0.2, 0) is 0 Å². The summed E-state index contributed by atoms with van der Waals surface area (Å²) in [6.45, 7) is 6.29. The van der Waals surface area contributed by atoms with Crippen LogP contribution in [-0.4, -0.2) is 9.55 Å². The van der Waals surface area contributed by atoms with Gasteiger partial charge in [0.1, 0.15) is 0 Å². The lowest BCUT2D eigenvalue weighted by molar-refractivity contribution is 0.849. The van der Waals surface area contributed by atoms with Crippen molar-refractivity contribution in [2.24, 2.45) is 0 Å². The standard InChI is InChI=1S/C14H16N2O2/c1-9(2)12-5-4-11(8-10(12)3)16-7-6-13(17)15-14(16)18/h4-9H,1-3H3,(H,15,17,18). The second-order valence-corrected chi connectivity index (χ2v) is 4.68. The number of H-pyrrole nitrogens is 1. The first-order valence-electron chi connectivity index (χ1n) is 5.92. The number of rotatable bonds is 2. The highest BCUT2D eigenvalue weighted by molar-refractivity contribution is 5.41. The van der Waals surface area contributed by atoms with Gasteiger partial charge in [0.05, 0.1) is 5.69 Å². The van der Waals surface area contributed by atoms with Gasteiger partial charge in [0.15, 0.2) is 0 Å². The number of aromatic amines is 1. The maximum Gasteiger partial charge on any atom is 0.332 e. The van der Waals surface area contributed by atoms with Gasteiger partial charge in [-0.1, -0.05) is 19.9 Å². The second-order valence-electron chi connectivity index (χ2n) is 4.68. The van der Waals surface area contributed by atoms with Gasteiger partial charge < -0.3 is 0 Å². The normalized spacial score (nSPS) is 10.9. The van der Waals surface area contributed by atoms with E-state index in [2.05, 4.69) is 18.8 Å². The molecule has 0 aliphatic rings. The highest BCUT2D eigenvalue weighted by atomic mass is 16.2. The second kappa shape index (κ2) is 4.64. The topological polar surface area (TPSA) is 54.9 Å². The molecule has 1 N–H and O–H groups in total. The van der Waals surface area contributed by atoms with Crippen molar-refractivity contribution in [3.05, 3.63) is 62.4 Å². The fourth-order valence-electron chi connectivity index (χ4n) is 2.08. The van der Waals surface area contributed by atoms with Gasteiger partial charge in [-0.3, -0.25) is 14.3 Å². The van der Waals surface area contributed by atoms with Gasteiger partial charge in [-0.05, 0) is 36.1 Å². The maximum atomic E-state index is 11.7. The van der Waals surface area contributed by atoms with Crippen molar-refractivity contribution in [3.8, 4) is 5.69 Å². The van der Waals surface area contributed by atoms with Crippen molar-refractivity contribution in [1.29, 1.82) is 0 Å². The smallest absolute Gasteiger partial charge is 0.274 e. The molecule has 2 aromatic rings. The van der Waals surface area contributed by atoms with Crippen LogP contribution in [0.25, 0.3) is 5.69 Å². The molecule has 0 fully saturated rings. The molecule has 0 saturated carbocycles. The molecule has 0 atom stereocenters. The van der Waals surface area contributed by atoms with Crippen molar-refractivity contribution >= 4 is 0 Å². The first-order valence-corrected chi connectivity index (χ1v) is 5.92. The monoisotopic (exact) mass is 244 g/mol.